The van der Waals surface area contributed by atoms with Crippen LogP contribution in [0.25, 0.3) is 11.6 Å². The molecule has 1 amide bonds. The molecule has 2 aliphatic rings. The van der Waals surface area contributed by atoms with Crippen molar-refractivity contribution in [1.29, 1.82) is 0 Å². The van der Waals surface area contributed by atoms with Gasteiger partial charge in [-0.1, -0.05) is 29.8 Å². The monoisotopic (exact) mass is 515 g/mol. The summed E-state index contributed by atoms with van der Waals surface area (Å²) >= 11 is 0. The van der Waals surface area contributed by atoms with Gasteiger partial charge in [0, 0.05) is 39.4 Å². The molecular weight excluding hydrogens is 478 g/mol. The SMILES string of the molecule is Cc1ccc2c(c1)C(C(C)(O)c1cncn1C)=Cc1cccnc1[C@H]2N1CCN(C(=O)OC(C)(C)C)CC1. The summed E-state index contributed by atoms with van der Waals surface area (Å²) < 4.78 is 7.47. The first-order chi connectivity index (χ1) is 18.0. The molecule has 3 heterocycles. The van der Waals surface area contributed by atoms with E-state index in [4.69, 9.17) is 9.72 Å². The van der Waals surface area contributed by atoms with Gasteiger partial charge in [-0.05, 0) is 69.0 Å². The number of pyridine rings is 1. The Morgan fingerprint density at radius 2 is 1.84 bits per heavy atom. The highest BCUT2D eigenvalue weighted by Gasteiger charge is 2.39. The molecule has 8 heteroatoms. The van der Waals surface area contributed by atoms with Crippen LogP contribution >= 0.6 is 0 Å². The van der Waals surface area contributed by atoms with Crippen molar-refractivity contribution in [2.75, 3.05) is 26.2 Å². The maximum absolute atomic E-state index is 12.7. The Morgan fingerprint density at radius 3 is 2.50 bits per heavy atom. The summed E-state index contributed by atoms with van der Waals surface area (Å²) in [4.78, 5) is 26.0. The van der Waals surface area contributed by atoms with Gasteiger partial charge in [0.2, 0.25) is 0 Å². The van der Waals surface area contributed by atoms with Gasteiger partial charge in [0.1, 0.15) is 11.2 Å². The minimum atomic E-state index is -1.29. The molecule has 2 atom stereocenters. The second kappa shape index (κ2) is 9.67. The molecular formula is C30H37N5O3. The van der Waals surface area contributed by atoms with Gasteiger partial charge in [-0.15, -0.1) is 0 Å². The highest BCUT2D eigenvalue weighted by molar-refractivity contribution is 5.90. The third kappa shape index (κ3) is 4.86. The van der Waals surface area contributed by atoms with Crippen molar-refractivity contribution in [2.24, 2.45) is 7.05 Å². The van der Waals surface area contributed by atoms with Gasteiger partial charge in [0.05, 0.1) is 30.0 Å². The van der Waals surface area contributed by atoms with Gasteiger partial charge in [0.25, 0.3) is 0 Å². The van der Waals surface area contributed by atoms with Crippen LogP contribution in [0.2, 0.25) is 0 Å². The Kier molecular flexibility index (Phi) is 6.65. The summed E-state index contributed by atoms with van der Waals surface area (Å²) in [5.41, 5.74) is 4.82. The number of amides is 1. The van der Waals surface area contributed by atoms with Gasteiger partial charge in [-0.3, -0.25) is 9.88 Å². The molecule has 3 aromatic rings. The molecule has 2 aromatic heterocycles. The van der Waals surface area contributed by atoms with E-state index in [0.717, 1.165) is 33.5 Å². The Labute approximate surface area is 224 Å². The predicted octanol–water partition coefficient (Wildman–Crippen LogP) is 4.53. The fourth-order valence-electron chi connectivity index (χ4n) is 5.53. The van der Waals surface area contributed by atoms with Crippen molar-refractivity contribution < 1.29 is 14.6 Å². The molecule has 1 saturated heterocycles. The van der Waals surface area contributed by atoms with E-state index in [1.807, 2.05) is 51.6 Å². The third-order valence-electron chi connectivity index (χ3n) is 7.39. The second-order valence-electron chi connectivity index (χ2n) is 11.5. The smallest absolute Gasteiger partial charge is 0.410 e. The maximum atomic E-state index is 12.7. The van der Waals surface area contributed by atoms with Gasteiger partial charge in [-0.25, -0.2) is 9.78 Å². The fourth-order valence-corrected chi connectivity index (χ4v) is 5.53. The Balaban J connectivity index is 1.57. The van der Waals surface area contributed by atoms with E-state index in [1.54, 1.807) is 17.4 Å². The number of ether oxygens (including phenoxy) is 1. The summed E-state index contributed by atoms with van der Waals surface area (Å²) in [5.74, 6) is 0. The number of imidazole rings is 1. The van der Waals surface area contributed by atoms with Crippen LogP contribution in [0, 0.1) is 6.92 Å². The van der Waals surface area contributed by atoms with E-state index < -0.39 is 11.2 Å². The number of benzene rings is 1. The molecule has 1 aliphatic heterocycles. The highest BCUT2D eigenvalue weighted by atomic mass is 16.6. The molecule has 0 spiro atoms. The fraction of sp³-hybridized carbons (Fsp3) is 0.433. The normalized spacial score (nSPS) is 19.6. The Hall–Kier alpha value is -3.49. The average molecular weight is 516 g/mol. The number of aliphatic hydroxyl groups is 1. The zero-order chi connectivity index (χ0) is 27.2. The minimum absolute atomic E-state index is 0.126. The molecule has 200 valence electrons. The number of carbonyl (C=O) groups excluding carboxylic acids is 1. The summed E-state index contributed by atoms with van der Waals surface area (Å²) in [6.45, 7) is 12.1. The number of hydrogen-bond acceptors (Lipinski definition) is 6. The van der Waals surface area contributed by atoms with E-state index in [9.17, 15) is 9.90 Å². The van der Waals surface area contributed by atoms with Crippen molar-refractivity contribution in [2.45, 2.75) is 51.9 Å². The predicted molar refractivity (Wildman–Crippen MR) is 147 cm³/mol. The highest BCUT2D eigenvalue weighted by Crippen LogP contribution is 2.46. The van der Waals surface area contributed by atoms with E-state index in [0.29, 0.717) is 31.9 Å². The lowest BCUT2D eigenvalue weighted by molar-refractivity contribution is 0.0117. The number of piperazine rings is 1. The van der Waals surface area contributed by atoms with Crippen molar-refractivity contribution in [3.05, 3.63) is 82.7 Å². The lowest BCUT2D eigenvalue weighted by Crippen LogP contribution is -2.51. The lowest BCUT2D eigenvalue weighted by Gasteiger charge is -2.40. The average Bonchev–Trinajstić information content (AvgIpc) is 3.24. The minimum Gasteiger partial charge on any atom is -0.444 e. The van der Waals surface area contributed by atoms with Crippen LogP contribution in [0.4, 0.5) is 4.79 Å². The van der Waals surface area contributed by atoms with Gasteiger partial charge < -0.3 is 19.3 Å². The van der Waals surface area contributed by atoms with Crippen LogP contribution in [0.15, 0.2) is 49.1 Å². The molecule has 1 aromatic carbocycles. The van der Waals surface area contributed by atoms with Crippen LogP contribution in [-0.2, 0) is 17.4 Å². The van der Waals surface area contributed by atoms with E-state index in [2.05, 4.69) is 47.1 Å². The lowest BCUT2D eigenvalue weighted by atomic mass is 9.83. The topological polar surface area (TPSA) is 83.7 Å². The van der Waals surface area contributed by atoms with E-state index in [-0.39, 0.29) is 12.1 Å². The Morgan fingerprint density at radius 1 is 1.11 bits per heavy atom. The summed E-state index contributed by atoms with van der Waals surface area (Å²) in [5, 5.41) is 12.0. The molecule has 1 aliphatic carbocycles. The summed E-state index contributed by atoms with van der Waals surface area (Å²) in [6.07, 6.45) is 7.06. The number of rotatable bonds is 3. The van der Waals surface area contributed by atoms with Gasteiger partial charge in [0.15, 0.2) is 0 Å². The molecule has 1 unspecified atom stereocenters. The van der Waals surface area contributed by atoms with Crippen LogP contribution in [-0.4, -0.2) is 67.3 Å². The second-order valence-corrected chi connectivity index (χ2v) is 11.5. The van der Waals surface area contributed by atoms with Crippen LogP contribution in [0.5, 0.6) is 0 Å². The molecule has 1 fully saturated rings. The first kappa shape index (κ1) is 26.1. The number of carbonyl (C=O) groups is 1. The van der Waals surface area contributed by atoms with Gasteiger partial charge >= 0.3 is 6.09 Å². The Bertz CT molecular complexity index is 1380. The van der Waals surface area contributed by atoms with Crippen LogP contribution in [0.1, 0.15) is 67.4 Å². The number of fused-ring (bicyclic) bond motifs is 2. The number of aromatic nitrogens is 3. The first-order valence-electron chi connectivity index (χ1n) is 13.1. The van der Waals surface area contributed by atoms with Crippen LogP contribution < -0.4 is 0 Å². The zero-order valence-corrected chi connectivity index (χ0v) is 23.1. The standard InChI is InChI=1S/C30H37N5O3/c1-20-9-10-22-23(16-20)24(30(5,37)25-18-31-19-33(25)6)17-21-8-7-11-32-26(21)27(22)34-12-14-35(15-13-34)28(36)38-29(2,3)4/h7-11,16-19,27,37H,12-15H2,1-6H3/t27-,30?/m0/s1. The van der Waals surface area contributed by atoms with Crippen molar-refractivity contribution in [3.8, 4) is 0 Å². The van der Waals surface area contributed by atoms with E-state index >= 15 is 0 Å². The molecule has 5 rings (SSSR count). The van der Waals surface area contributed by atoms with Crippen LogP contribution in [0.3, 0.4) is 0 Å². The van der Waals surface area contributed by atoms with Gasteiger partial charge in [-0.2, -0.15) is 0 Å². The molecule has 0 radical (unpaired) electrons. The molecule has 1 N–H and O–H groups in total. The number of hydrogen-bond donors (Lipinski definition) is 1. The molecule has 8 nitrogen and oxygen atoms in total. The zero-order valence-electron chi connectivity index (χ0n) is 23.1. The quantitative estimate of drug-likeness (QED) is 0.552. The largest absolute Gasteiger partial charge is 0.444 e. The summed E-state index contributed by atoms with van der Waals surface area (Å²) in [6, 6.07) is 10.3. The maximum Gasteiger partial charge on any atom is 0.410 e. The van der Waals surface area contributed by atoms with Crippen molar-refractivity contribution >= 4 is 17.7 Å². The molecule has 38 heavy (non-hydrogen) atoms. The number of aryl methyl sites for hydroxylation is 2. The van der Waals surface area contributed by atoms with E-state index in [1.165, 1.54) is 0 Å². The van der Waals surface area contributed by atoms with Crippen molar-refractivity contribution in [1.82, 2.24) is 24.3 Å². The third-order valence-corrected chi connectivity index (χ3v) is 7.39. The van der Waals surface area contributed by atoms with Crippen molar-refractivity contribution in [3.63, 3.8) is 0 Å². The number of nitrogens with zero attached hydrogens (tertiary/aromatic N) is 5. The summed E-state index contributed by atoms with van der Waals surface area (Å²) in [7, 11) is 1.90. The first-order valence-corrected chi connectivity index (χ1v) is 13.1. The molecule has 0 saturated carbocycles. The molecule has 0 bridgehead atoms.